The lowest BCUT2D eigenvalue weighted by Gasteiger charge is -2.29. The fraction of sp³-hybridized carbons (Fsp3) is 0.727. The SMILES string of the molecule is C#CCCCN1CCC(C(=O)O)CC1. The molecule has 1 aliphatic rings. The molecular weight excluding hydrogens is 178 g/mol. The van der Waals surface area contributed by atoms with E-state index in [0.717, 1.165) is 45.3 Å². The van der Waals surface area contributed by atoms with Crippen molar-refractivity contribution in [3.8, 4) is 12.3 Å². The number of terminal acetylenes is 1. The number of carbonyl (C=O) groups is 1. The quantitative estimate of drug-likeness (QED) is 0.541. The molecule has 1 heterocycles. The average Bonchev–Trinajstić information content (AvgIpc) is 2.19. The third-order valence-electron chi connectivity index (χ3n) is 2.73. The molecule has 0 aromatic carbocycles. The molecule has 1 N–H and O–H groups in total. The largest absolute Gasteiger partial charge is 0.481 e. The van der Waals surface area contributed by atoms with Gasteiger partial charge in [-0.25, -0.2) is 0 Å². The number of hydrogen-bond acceptors (Lipinski definition) is 2. The first kappa shape index (κ1) is 11.1. The number of rotatable bonds is 4. The van der Waals surface area contributed by atoms with Gasteiger partial charge in [0.25, 0.3) is 0 Å². The highest BCUT2D eigenvalue weighted by Crippen LogP contribution is 2.17. The number of carboxylic acid groups (broad SMARTS) is 1. The molecule has 0 saturated carbocycles. The van der Waals surface area contributed by atoms with Crippen molar-refractivity contribution < 1.29 is 9.90 Å². The zero-order valence-electron chi connectivity index (χ0n) is 8.41. The highest BCUT2D eigenvalue weighted by molar-refractivity contribution is 5.70. The summed E-state index contributed by atoms with van der Waals surface area (Å²) in [5.74, 6) is 1.84. The average molecular weight is 195 g/mol. The number of hydrogen-bond donors (Lipinski definition) is 1. The Labute approximate surface area is 85.1 Å². The van der Waals surface area contributed by atoms with Crippen molar-refractivity contribution in [3.63, 3.8) is 0 Å². The number of unbranched alkanes of at least 4 members (excludes halogenated alkanes) is 1. The van der Waals surface area contributed by atoms with Gasteiger partial charge >= 0.3 is 5.97 Å². The molecule has 0 aliphatic carbocycles. The number of carboxylic acids is 1. The van der Waals surface area contributed by atoms with Gasteiger partial charge in [-0.3, -0.25) is 4.79 Å². The van der Waals surface area contributed by atoms with Crippen LogP contribution in [0.15, 0.2) is 0 Å². The van der Waals surface area contributed by atoms with Crippen LogP contribution >= 0.6 is 0 Å². The Morgan fingerprint density at radius 2 is 2.14 bits per heavy atom. The molecule has 1 rings (SSSR count). The molecule has 0 spiro atoms. The lowest BCUT2D eigenvalue weighted by atomic mass is 9.97. The van der Waals surface area contributed by atoms with Crippen LogP contribution < -0.4 is 0 Å². The van der Waals surface area contributed by atoms with Crippen molar-refractivity contribution in [2.24, 2.45) is 5.92 Å². The molecule has 1 aliphatic heterocycles. The Morgan fingerprint density at radius 3 is 2.64 bits per heavy atom. The van der Waals surface area contributed by atoms with Crippen molar-refractivity contribution in [1.82, 2.24) is 4.90 Å². The van der Waals surface area contributed by atoms with E-state index >= 15 is 0 Å². The second-order valence-corrected chi connectivity index (χ2v) is 3.76. The zero-order chi connectivity index (χ0) is 10.4. The van der Waals surface area contributed by atoms with Gasteiger partial charge in [-0.05, 0) is 38.9 Å². The van der Waals surface area contributed by atoms with Gasteiger partial charge in [0.2, 0.25) is 0 Å². The summed E-state index contributed by atoms with van der Waals surface area (Å²) in [7, 11) is 0. The van der Waals surface area contributed by atoms with Crippen LogP contribution in [-0.4, -0.2) is 35.6 Å². The second-order valence-electron chi connectivity index (χ2n) is 3.76. The van der Waals surface area contributed by atoms with Crippen molar-refractivity contribution in [2.75, 3.05) is 19.6 Å². The maximum Gasteiger partial charge on any atom is 0.306 e. The monoisotopic (exact) mass is 195 g/mol. The molecule has 78 valence electrons. The van der Waals surface area contributed by atoms with Gasteiger partial charge < -0.3 is 10.0 Å². The second kappa shape index (κ2) is 5.66. The molecule has 1 saturated heterocycles. The Kier molecular flexibility index (Phi) is 4.48. The fourth-order valence-electron chi connectivity index (χ4n) is 1.81. The first-order valence-corrected chi connectivity index (χ1v) is 5.12. The van der Waals surface area contributed by atoms with E-state index in [9.17, 15) is 4.79 Å². The summed E-state index contributed by atoms with van der Waals surface area (Å²) in [5.41, 5.74) is 0. The van der Waals surface area contributed by atoms with Gasteiger partial charge in [0.05, 0.1) is 5.92 Å². The van der Waals surface area contributed by atoms with Crippen LogP contribution in [0.2, 0.25) is 0 Å². The third kappa shape index (κ3) is 3.39. The zero-order valence-corrected chi connectivity index (χ0v) is 8.41. The van der Waals surface area contributed by atoms with E-state index in [2.05, 4.69) is 10.8 Å². The summed E-state index contributed by atoms with van der Waals surface area (Å²) in [4.78, 5) is 13.0. The minimum Gasteiger partial charge on any atom is -0.481 e. The summed E-state index contributed by atoms with van der Waals surface area (Å²) in [6.45, 7) is 2.82. The van der Waals surface area contributed by atoms with Crippen LogP contribution in [0, 0.1) is 18.3 Å². The predicted octanol–water partition coefficient (Wildman–Crippen LogP) is 1.20. The van der Waals surface area contributed by atoms with E-state index in [4.69, 9.17) is 11.5 Å². The smallest absolute Gasteiger partial charge is 0.306 e. The summed E-state index contributed by atoms with van der Waals surface area (Å²) >= 11 is 0. The molecule has 3 heteroatoms. The summed E-state index contributed by atoms with van der Waals surface area (Å²) < 4.78 is 0. The standard InChI is InChI=1S/C11H17NO2/c1-2-3-4-7-12-8-5-10(6-9-12)11(13)14/h1,10H,3-9H2,(H,13,14). The van der Waals surface area contributed by atoms with Gasteiger partial charge in [-0.1, -0.05) is 0 Å². The summed E-state index contributed by atoms with van der Waals surface area (Å²) in [6.07, 6.45) is 8.57. The Balaban J connectivity index is 2.16. The normalized spacial score (nSPS) is 19.1. The number of aliphatic carboxylic acids is 1. The molecule has 1 fully saturated rings. The maximum absolute atomic E-state index is 10.7. The highest BCUT2D eigenvalue weighted by Gasteiger charge is 2.23. The molecule has 0 aromatic rings. The van der Waals surface area contributed by atoms with Gasteiger partial charge in [-0.2, -0.15) is 0 Å². The number of nitrogens with zero attached hydrogens (tertiary/aromatic N) is 1. The Morgan fingerprint density at radius 1 is 1.50 bits per heavy atom. The molecule has 0 atom stereocenters. The Hall–Kier alpha value is -1.01. The van der Waals surface area contributed by atoms with Crippen LogP contribution in [0.3, 0.4) is 0 Å². The van der Waals surface area contributed by atoms with Gasteiger partial charge in [0.1, 0.15) is 0 Å². The van der Waals surface area contributed by atoms with Crippen molar-refractivity contribution in [2.45, 2.75) is 25.7 Å². The number of piperidine rings is 1. The molecule has 3 nitrogen and oxygen atoms in total. The predicted molar refractivity (Wildman–Crippen MR) is 54.9 cm³/mol. The summed E-state index contributed by atoms with van der Waals surface area (Å²) in [6, 6.07) is 0. The minimum atomic E-state index is -0.645. The van der Waals surface area contributed by atoms with E-state index < -0.39 is 5.97 Å². The minimum absolute atomic E-state index is 0.126. The first-order chi connectivity index (χ1) is 6.74. The van der Waals surface area contributed by atoms with Crippen molar-refractivity contribution in [1.29, 1.82) is 0 Å². The summed E-state index contributed by atoms with van der Waals surface area (Å²) in [5, 5.41) is 8.79. The van der Waals surface area contributed by atoms with E-state index in [1.165, 1.54) is 0 Å². The van der Waals surface area contributed by atoms with Crippen LogP contribution in [0.25, 0.3) is 0 Å². The first-order valence-electron chi connectivity index (χ1n) is 5.12. The Bertz CT molecular complexity index is 224. The van der Waals surface area contributed by atoms with Crippen LogP contribution in [0.1, 0.15) is 25.7 Å². The van der Waals surface area contributed by atoms with E-state index in [0.29, 0.717) is 0 Å². The fourth-order valence-corrected chi connectivity index (χ4v) is 1.81. The molecule has 0 radical (unpaired) electrons. The van der Waals surface area contributed by atoms with E-state index in [1.54, 1.807) is 0 Å². The lowest BCUT2D eigenvalue weighted by Crippen LogP contribution is -2.36. The maximum atomic E-state index is 10.7. The molecule has 0 unspecified atom stereocenters. The van der Waals surface area contributed by atoms with Gasteiger partial charge in [-0.15, -0.1) is 12.3 Å². The topological polar surface area (TPSA) is 40.5 Å². The van der Waals surface area contributed by atoms with E-state index in [1.807, 2.05) is 0 Å². The van der Waals surface area contributed by atoms with Gasteiger partial charge in [0.15, 0.2) is 0 Å². The van der Waals surface area contributed by atoms with Crippen LogP contribution in [-0.2, 0) is 4.79 Å². The molecule has 14 heavy (non-hydrogen) atoms. The van der Waals surface area contributed by atoms with Gasteiger partial charge in [0, 0.05) is 6.42 Å². The third-order valence-corrected chi connectivity index (χ3v) is 2.73. The lowest BCUT2D eigenvalue weighted by molar-refractivity contribution is -0.143. The molecular formula is C11H17NO2. The molecule has 0 amide bonds. The van der Waals surface area contributed by atoms with Crippen molar-refractivity contribution >= 4 is 5.97 Å². The van der Waals surface area contributed by atoms with Crippen LogP contribution in [0.4, 0.5) is 0 Å². The molecule has 0 aromatic heterocycles. The van der Waals surface area contributed by atoms with Crippen LogP contribution in [0.5, 0.6) is 0 Å². The molecule has 0 bridgehead atoms. The highest BCUT2D eigenvalue weighted by atomic mass is 16.4. The van der Waals surface area contributed by atoms with E-state index in [-0.39, 0.29) is 5.92 Å². The van der Waals surface area contributed by atoms with Crippen molar-refractivity contribution in [3.05, 3.63) is 0 Å². The number of likely N-dealkylation sites (tertiary alicyclic amines) is 1.